The van der Waals surface area contributed by atoms with Gasteiger partial charge in [0.25, 0.3) is 0 Å². The van der Waals surface area contributed by atoms with Crippen LogP contribution < -0.4 is 0 Å². The molecule has 0 aromatic heterocycles. The van der Waals surface area contributed by atoms with Gasteiger partial charge >= 0.3 is 6.09 Å². The normalized spacial score (nSPS) is 18.7. The zero-order valence-corrected chi connectivity index (χ0v) is 13.3. The molecule has 0 N–H and O–H groups in total. The molecule has 114 valence electrons. The Labute approximate surface area is 130 Å². The summed E-state index contributed by atoms with van der Waals surface area (Å²) >= 11 is 5.91. The topological polar surface area (TPSA) is 46.6 Å². The molecule has 1 saturated heterocycles. The monoisotopic (exact) mass is 309 g/mol. The van der Waals surface area contributed by atoms with Crippen molar-refractivity contribution in [1.82, 2.24) is 4.90 Å². The van der Waals surface area contributed by atoms with Gasteiger partial charge in [0.2, 0.25) is 0 Å². The van der Waals surface area contributed by atoms with Crippen LogP contribution in [0.4, 0.5) is 4.79 Å². The van der Waals surface area contributed by atoms with Gasteiger partial charge in [-0.1, -0.05) is 23.7 Å². The third kappa shape index (κ3) is 4.21. The van der Waals surface area contributed by atoms with E-state index in [-0.39, 0.29) is 17.8 Å². The quantitative estimate of drug-likeness (QED) is 0.781. The smallest absolute Gasteiger partial charge is 0.410 e. The van der Waals surface area contributed by atoms with Crippen LogP contribution in [0.15, 0.2) is 24.3 Å². The highest BCUT2D eigenvalue weighted by Gasteiger charge is 2.33. The van der Waals surface area contributed by atoms with Gasteiger partial charge in [-0.25, -0.2) is 4.79 Å². The molecular formula is C16H20ClNO3. The average Bonchev–Trinajstić information content (AvgIpc) is 2.85. The molecule has 1 aromatic rings. The van der Waals surface area contributed by atoms with E-state index >= 15 is 0 Å². The van der Waals surface area contributed by atoms with Crippen molar-refractivity contribution in [2.24, 2.45) is 5.92 Å². The maximum atomic E-state index is 12.4. The molecule has 0 bridgehead atoms. The molecule has 0 radical (unpaired) electrons. The van der Waals surface area contributed by atoms with E-state index in [0.29, 0.717) is 30.1 Å². The Kier molecular flexibility index (Phi) is 4.57. The fraction of sp³-hybridized carbons (Fsp3) is 0.500. The number of benzene rings is 1. The maximum Gasteiger partial charge on any atom is 0.410 e. The van der Waals surface area contributed by atoms with Crippen LogP contribution >= 0.6 is 11.6 Å². The molecule has 1 fully saturated rings. The Balaban J connectivity index is 1.99. The first kappa shape index (κ1) is 15.8. The van der Waals surface area contributed by atoms with Crippen LogP contribution in [-0.4, -0.2) is 35.5 Å². The van der Waals surface area contributed by atoms with Crippen LogP contribution in [0, 0.1) is 5.92 Å². The third-order valence-corrected chi connectivity index (χ3v) is 3.55. The summed E-state index contributed by atoms with van der Waals surface area (Å²) < 4.78 is 5.33. The number of amides is 1. The van der Waals surface area contributed by atoms with Gasteiger partial charge in [-0.3, -0.25) is 4.79 Å². The van der Waals surface area contributed by atoms with Crippen molar-refractivity contribution in [1.29, 1.82) is 0 Å². The molecule has 2 rings (SSSR count). The number of likely N-dealkylation sites (tertiary alicyclic amines) is 1. The lowest BCUT2D eigenvalue weighted by Gasteiger charge is -2.24. The summed E-state index contributed by atoms with van der Waals surface area (Å²) in [5.41, 5.74) is 0.0742. The van der Waals surface area contributed by atoms with Crippen molar-refractivity contribution < 1.29 is 14.3 Å². The Morgan fingerprint density at radius 3 is 2.67 bits per heavy atom. The number of rotatable bonds is 2. The van der Waals surface area contributed by atoms with Gasteiger partial charge in [0, 0.05) is 29.6 Å². The molecule has 21 heavy (non-hydrogen) atoms. The number of hydrogen-bond donors (Lipinski definition) is 0. The first-order chi connectivity index (χ1) is 9.76. The third-order valence-electron chi connectivity index (χ3n) is 3.32. The van der Waals surface area contributed by atoms with E-state index in [4.69, 9.17) is 16.3 Å². The van der Waals surface area contributed by atoms with Crippen molar-refractivity contribution in [3.63, 3.8) is 0 Å². The van der Waals surface area contributed by atoms with E-state index in [1.807, 2.05) is 20.8 Å². The molecule has 0 aliphatic carbocycles. The number of ketones is 1. The molecule has 4 nitrogen and oxygen atoms in total. The van der Waals surface area contributed by atoms with E-state index in [1.54, 1.807) is 29.2 Å². The summed E-state index contributed by atoms with van der Waals surface area (Å²) in [7, 11) is 0. The summed E-state index contributed by atoms with van der Waals surface area (Å²) in [6.45, 7) is 6.44. The minimum atomic E-state index is -0.522. The average molecular weight is 310 g/mol. The highest BCUT2D eigenvalue weighted by atomic mass is 35.5. The van der Waals surface area contributed by atoms with Crippen molar-refractivity contribution in [2.75, 3.05) is 13.1 Å². The van der Waals surface area contributed by atoms with Crippen LogP contribution in [0.3, 0.4) is 0 Å². The molecular weight excluding hydrogens is 290 g/mol. The summed E-state index contributed by atoms with van der Waals surface area (Å²) in [6, 6.07) is 6.92. The Hall–Kier alpha value is -1.55. The van der Waals surface area contributed by atoms with Crippen molar-refractivity contribution in [2.45, 2.75) is 32.8 Å². The molecule has 1 aliphatic heterocycles. The predicted octanol–water partition coefficient (Wildman–Crippen LogP) is 3.78. The Bertz CT molecular complexity index is 551. The van der Waals surface area contributed by atoms with Crippen LogP contribution in [0.2, 0.25) is 5.02 Å². The fourth-order valence-corrected chi connectivity index (χ4v) is 2.53. The summed E-state index contributed by atoms with van der Waals surface area (Å²) in [5.74, 6) is -0.153. The second-order valence-electron chi connectivity index (χ2n) is 6.29. The Morgan fingerprint density at radius 2 is 2.05 bits per heavy atom. The van der Waals surface area contributed by atoms with Crippen molar-refractivity contribution in [3.05, 3.63) is 34.9 Å². The molecule has 5 heteroatoms. The number of carbonyl (C=O) groups excluding carboxylic acids is 2. The van der Waals surface area contributed by atoms with Gasteiger partial charge in [-0.15, -0.1) is 0 Å². The first-order valence-corrected chi connectivity index (χ1v) is 7.42. The van der Waals surface area contributed by atoms with Crippen molar-refractivity contribution in [3.8, 4) is 0 Å². The van der Waals surface area contributed by atoms with Crippen LogP contribution in [-0.2, 0) is 4.74 Å². The van der Waals surface area contributed by atoms with Gasteiger partial charge in [0.05, 0.1) is 0 Å². The second-order valence-corrected chi connectivity index (χ2v) is 6.72. The summed E-state index contributed by atoms with van der Waals surface area (Å²) in [5, 5.41) is 0.544. The largest absolute Gasteiger partial charge is 0.444 e. The minimum Gasteiger partial charge on any atom is -0.444 e. The fourth-order valence-electron chi connectivity index (χ4n) is 2.34. The molecule has 1 unspecified atom stereocenters. The zero-order chi connectivity index (χ0) is 15.6. The lowest BCUT2D eigenvalue weighted by atomic mass is 9.97. The number of nitrogens with zero attached hydrogens (tertiary/aromatic N) is 1. The number of ether oxygens (including phenoxy) is 1. The lowest BCUT2D eigenvalue weighted by Crippen LogP contribution is -2.35. The lowest BCUT2D eigenvalue weighted by molar-refractivity contribution is 0.0289. The van der Waals surface area contributed by atoms with Crippen LogP contribution in [0.1, 0.15) is 37.6 Å². The summed E-state index contributed by atoms with van der Waals surface area (Å²) in [4.78, 5) is 26.0. The SMILES string of the molecule is CC(C)(C)OC(=O)N1CCC(C(=O)c2cccc(Cl)c2)C1. The van der Waals surface area contributed by atoms with E-state index in [1.165, 1.54) is 0 Å². The molecule has 0 spiro atoms. The van der Waals surface area contributed by atoms with E-state index in [2.05, 4.69) is 0 Å². The summed E-state index contributed by atoms with van der Waals surface area (Å²) in [6.07, 6.45) is 0.300. The molecule has 1 heterocycles. The maximum absolute atomic E-state index is 12.4. The highest BCUT2D eigenvalue weighted by molar-refractivity contribution is 6.31. The van der Waals surface area contributed by atoms with Crippen LogP contribution in [0.25, 0.3) is 0 Å². The minimum absolute atomic E-state index is 0.0311. The molecule has 1 aromatic carbocycles. The number of carbonyl (C=O) groups is 2. The van der Waals surface area contributed by atoms with Gasteiger partial charge < -0.3 is 9.64 Å². The van der Waals surface area contributed by atoms with Gasteiger partial charge in [-0.05, 0) is 39.3 Å². The van der Waals surface area contributed by atoms with Crippen molar-refractivity contribution >= 4 is 23.5 Å². The Morgan fingerprint density at radius 1 is 1.33 bits per heavy atom. The van der Waals surface area contributed by atoms with Gasteiger partial charge in [-0.2, -0.15) is 0 Å². The predicted molar refractivity (Wildman–Crippen MR) is 81.7 cm³/mol. The number of Topliss-reactive ketones (excluding diaryl/α,β-unsaturated/α-hetero) is 1. The standard InChI is InChI=1S/C16H20ClNO3/c1-16(2,3)21-15(20)18-8-7-12(10-18)14(19)11-5-4-6-13(17)9-11/h4-6,9,12H,7-8,10H2,1-3H3. The van der Waals surface area contributed by atoms with E-state index in [0.717, 1.165) is 0 Å². The first-order valence-electron chi connectivity index (χ1n) is 7.04. The second kappa shape index (κ2) is 6.06. The van der Waals surface area contributed by atoms with Crippen LogP contribution in [0.5, 0.6) is 0 Å². The molecule has 1 amide bonds. The number of halogens is 1. The van der Waals surface area contributed by atoms with E-state index < -0.39 is 5.60 Å². The molecule has 0 saturated carbocycles. The number of hydrogen-bond acceptors (Lipinski definition) is 3. The van der Waals surface area contributed by atoms with Gasteiger partial charge in [0.1, 0.15) is 5.60 Å². The van der Waals surface area contributed by atoms with E-state index in [9.17, 15) is 9.59 Å². The van der Waals surface area contributed by atoms with Gasteiger partial charge in [0.15, 0.2) is 5.78 Å². The zero-order valence-electron chi connectivity index (χ0n) is 12.6. The molecule has 1 aliphatic rings. The highest BCUT2D eigenvalue weighted by Crippen LogP contribution is 2.24. The molecule has 1 atom stereocenters.